The molecule has 2 unspecified atom stereocenters. The largest absolute Gasteiger partial charge is 0.390 e. The van der Waals surface area contributed by atoms with E-state index in [0.29, 0.717) is 23.8 Å². The molecule has 2 fully saturated rings. The number of aliphatic hydroxyl groups is 1. The van der Waals surface area contributed by atoms with Crippen LogP contribution in [-0.4, -0.2) is 81.4 Å². The Morgan fingerprint density at radius 2 is 1.69 bits per heavy atom. The van der Waals surface area contributed by atoms with E-state index in [1.165, 1.54) is 26.0 Å². The van der Waals surface area contributed by atoms with Crippen LogP contribution in [0.15, 0.2) is 48.7 Å². The van der Waals surface area contributed by atoms with E-state index in [-0.39, 0.29) is 36.2 Å². The van der Waals surface area contributed by atoms with Gasteiger partial charge in [0.15, 0.2) is 0 Å². The molecule has 2 aliphatic rings. The number of amides is 3. The second-order valence-corrected chi connectivity index (χ2v) is 15.1. The molecule has 0 spiro atoms. The number of carbonyl (C=O) groups excluding carboxylic acids is 4. The van der Waals surface area contributed by atoms with E-state index in [1.807, 2.05) is 58.0 Å². The molecule has 1 saturated carbocycles. The number of Topliss-reactive ketones (excluding diaryl/α,β-unsaturated/α-hetero) is 1. The standard InChI is InChI=1S/C38H55N5O5/c1-24(18-26(3)44)34(41-35(46)29-17-16-25(2)39-21-29)37(48)40-31(19-27-12-8-7-9-13-27)33(45)23-43-22-30-15-11-10-14-28(30)20-32(43)36(47)42-38(4,5)6/h7-9,12-13,16-17,21,24,28,30-34,45H,10-11,14-15,18-20,22-23H2,1-6H3,(H,40,48)(H,41,46)(H,42,47)/t24?,28-,30?,31-,32-,33+,34-/m0/s1. The first-order chi connectivity index (χ1) is 22.7. The Bertz CT molecular complexity index is 1390. The minimum atomic E-state index is -1.03. The highest BCUT2D eigenvalue weighted by molar-refractivity contribution is 5.97. The molecule has 1 aliphatic carbocycles. The average molecular weight is 662 g/mol. The Balaban J connectivity index is 1.58. The number of ketones is 1. The molecule has 262 valence electrons. The zero-order valence-electron chi connectivity index (χ0n) is 29.5. The number of pyridine rings is 1. The number of benzene rings is 1. The van der Waals surface area contributed by atoms with Gasteiger partial charge in [0.1, 0.15) is 11.8 Å². The van der Waals surface area contributed by atoms with Gasteiger partial charge < -0.3 is 25.9 Å². The lowest BCUT2D eigenvalue weighted by molar-refractivity contribution is -0.133. The van der Waals surface area contributed by atoms with Gasteiger partial charge in [-0.25, -0.2) is 0 Å². The molecule has 1 aromatic carbocycles. The van der Waals surface area contributed by atoms with Gasteiger partial charge in [-0.2, -0.15) is 0 Å². The summed E-state index contributed by atoms with van der Waals surface area (Å²) < 4.78 is 0. The van der Waals surface area contributed by atoms with Crippen LogP contribution in [0.25, 0.3) is 0 Å². The molecule has 4 rings (SSSR count). The van der Waals surface area contributed by atoms with Crippen LogP contribution in [0.5, 0.6) is 0 Å². The molecule has 0 radical (unpaired) electrons. The van der Waals surface area contributed by atoms with Crippen molar-refractivity contribution in [1.29, 1.82) is 0 Å². The normalized spacial score (nSPS) is 22.4. The summed E-state index contributed by atoms with van der Waals surface area (Å²) in [6, 6.07) is 10.9. The third-order valence-corrected chi connectivity index (χ3v) is 9.74. The number of fused-ring (bicyclic) bond motifs is 1. The summed E-state index contributed by atoms with van der Waals surface area (Å²) in [5.41, 5.74) is 1.60. The second-order valence-electron chi connectivity index (χ2n) is 15.1. The van der Waals surface area contributed by atoms with Gasteiger partial charge in [-0.05, 0) is 89.3 Å². The number of aryl methyl sites for hydroxylation is 1. The number of nitrogens with zero attached hydrogens (tertiary/aromatic N) is 2. The first-order valence-corrected chi connectivity index (χ1v) is 17.5. The molecule has 3 amide bonds. The van der Waals surface area contributed by atoms with Gasteiger partial charge >= 0.3 is 0 Å². The summed E-state index contributed by atoms with van der Waals surface area (Å²) in [5.74, 6) is -0.637. The van der Waals surface area contributed by atoms with Gasteiger partial charge in [-0.1, -0.05) is 56.5 Å². The van der Waals surface area contributed by atoms with Gasteiger partial charge in [0, 0.05) is 36.9 Å². The fourth-order valence-electron chi connectivity index (χ4n) is 7.28. The molecule has 1 aromatic heterocycles. The van der Waals surface area contributed by atoms with E-state index in [2.05, 4.69) is 25.8 Å². The third-order valence-electron chi connectivity index (χ3n) is 9.74. The number of piperidine rings is 1. The van der Waals surface area contributed by atoms with Crippen molar-refractivity contribution in [3.8, 4) is 0 Å². The van der Waals surface area contributed by atoms with Crippen LogP contribution in [0.1, 0.15) is 94.8 Å². The quantitative estimate of drug-likeness (QED) is 0.255. The minimum absolute atomic E-state index is 0.0335. The second kappa shape index (κ2) is 16.7. The Kier molecular flexibility index (Phi) is 12.9. The van der Waals surface area contributed by atoms with Crippen molar-refractivity contribution >= 4 is 23.5 Å². The fraction of sp³-hybridized carbons (Fsp3) is 0.605. The zero-order chi connectivity index (χ0) is 35.0. The molecular weight excluding hydrogens is 606 g/mol. The highest BCUT2D eigenvalue weighted by atomic mass is 16.3. The van der Waals surface area contributed by atoms with Crippen LogP contribution >= 0.6 is 0 Å². The number of carbonyl (C=O) groups is 4. The Morgan fingerprint density at radius 1 is 1.00 bits per heavy atom. The van der Waals surface area contributed by atoms with Crippen molar-refractivity contribution in [3.05, 3.63) is 65.5 Å². The maximum atomic E-state index is 14.1. The van der Waals surface area contributed by atoms with Crippen molar-refractivity contribution in [2.75, 3.05) is 13.1 Å². The average Bonchev–Trinajstić information content (AvgIpc) is 3.02. The van der Waals surface area contributed by atoms with Crippen LogP contribution < -0.4 is 16.0 Å². The molecule has 10 heteroatoms. The smallest absolute Gasteiger partial charge is 0.253 e. The number of hydrogen-bond donors (Lipinski definition) is 4. The molecule has 2 heterocycles. The van der Waals surface area contributed by atoms with Crippen molar-refractivity contribution < 1.29 is 24.3 Å². The Morgan fingerprint density at radius 3 is 2.31 bits per heavy atom. The summed E-state index contributed by atoms with van der Waals surface area (Å²) in [6.45, 7) is 11.9. The molecule has 7 atom stereocenters. The number of rotatable bonds is 13. The van der Waals surface area contributed by atoms with Crippen LogP contribution in [0.2, 0.25) is 0 Å². The molecule has 48 heavy (non-hydrogen) atoms. The zero-order valence-corrected chi connectivity index (χ0v) is 29.5. The van der Waals surface area contributed by atoms with Crippen molar-refractivity contribution in [2.24, 2.45) is 17.8 Å². The summed E-state index contributed by atoms with van der Waals surface area (Å²) in [6.07, 6.45) is 6.22. The van der Waals surface area contributed by atoms with Crippen molar-refractivity contribution in [2.45, 2.75) is 116 Å². The molecule has 10 nitrogen and oxygen atoms in total. The maximum Gasteiger partial charge on any atom is 0.253 e. The number of aromatic nitrogens is 1. The highest BCUT2D eigenvalue weighted by Gasteiger charge is 2.42. The van der Waals surface area contributed by atoms with Crippen molar-refractivity contribution in [1.82, 2.24) is 25.8 Å². The predicted octanol–water partition coefficient (Wildman–Crippen LogP) is 3.99. The molecule has 1 aliphatic heterocycles. The van der Waals surface area contributed by atoms with E-state index in [9.17, 15) is 24.3 Å². The Labute approximate surface area is 285 Å². The molecule has 2 aromatic rings. The summed E-state index contributed by atoms with van der Waals surface area (Å²) in [7, 11) is 0. The fourth-order valence-corrected chi connectivity index (χ4v) is 7.28. The van der Waals surface area contributed by atoms with E-state index in [1.54, 1.807) is 19.1 Å². The number of β-amino-alcohol motifs (C(OH)–C–C–N with tert-alkyl or cyclic N) is 1. The van der Waals surface area contributed by atoms with E-state index < -0.39 is 35.9 Å². The number of nitrogens with one attached hydrogen (secondary N) is 3. The van der Waals surface area contributed by atoms with E-state index >= 15 is 0 Å². The van der Waals surface area contributed by atoms with Gasteiger partial charge in [0.25, 0.3) is 5.91 Å². The van der Waals surface area contributed by atoms with Crippen LogP contribution in [-0.2, 0) is 20.8 Å². The molecule has 1 saturated heterocycles. The number of hydrogen-bond acceptors (Lipinski definition) is 7. The van der Waals surface area contributed by atoms with Crippen LogP contribution in [0.3, 0.4) is 0 Å². The molecule has 4 N–H and O–H groups in total. The summed E-state index contributed by atoms with van der Waals surface area (Å²) >= 11 is 0. The van der Waals surface area contributed by atoms with E-state index in [0.717, 1.165) is 37.1 Å². The van der Waals surface area contributed by atoms with Gasteiger partial charge in [-0.3, -0.25) is 24.3 Å². The Hall–Kier alpha value is -3.63. The third kappa shape index (κ3) is 10.7. The lowest BCUT2D eigenvalue weighted by Gasteiger charge is -2.47. The van der Waals surface area contributed by atoms with Crippen molar-refractivity contribution in [3.63, 3.8) is 0 Å². The highest BCUT2D eigenvalue weighted by Crippen LogP contribution is 2.39. The number of aliphatic hydroxyl groups excluding tert-OH is 1. The summed E-state index contributed by atoms with van der Waals surface area (Å²) in [4.78, 5) is 59.4. The first kappa shape index (κ1) is 37.2. The lowest BCUT2D eigenvalue weighted by Crippen LogP contribution is -2.61. The topological polar surface area (TPSA) is 141 Å². The van der Waals surface area contributed by atoms with Gasteiger partial charge in [-0.15, -0.1) is 0 Å². The summed E-state index contributed by atoms with van der Waals surface area (Å²) in [5, 5.41) is 21.0. The van der Waals surface area contributed by atoms with Gasteiger partial charge in [0.2, 0.25) is 11.8 Å². The van der Waals surface area contributed by atoms with E-state index in [4.69, 9.17) is 0 Å². The SMILES string of the molecule is CC(=O)CC(C)[C@H](NC(=O)c1ccc(C)nc1)C(=O)N[C@@H](Cc1ccccc1)[C@H](O)CN1CC2CCCC[C@H]2C[C@H]1C(=O)NC(C)(C)C. The lowest BCUT2D eigenvalue weighted by atomic mass is 9.72. The monoisotopic (exact) mass is 661 g/mol. The van der Waals surface area contributed by atoms with Crippen LogP contribution in [0, 0.1) is 24.7 Å². The molecule has 0 bridgehead atoms. The first-order valence-electron chi connectivity index (χ1n) is 17.5. The molecular formula is C38H55N5O5. The predicted molar refractivity (Wildman–Crippen MR) is 186 cm³/mol. The van der Waals surface area contributed by atoms with Crippen LogP contribution in [0.4, 0.5) is 0 Å². The minimum Gasteiger partial charge on any atom is -0.390 e. The maximum absolute atomic E-state index is 14.1. The number of likely N-dealkylation sites (tertiary alicyclic amines) is 1. The van der Waals surface area contributed by atoms with Gasteiger partial charge in [0.05, 0.1) is 23.8 Å².